The third-order valence-electron chi connectivity index (χ3n) is 3.03. The number of carbonyl (C=O) groups is 2. The summed E-state index contributed by atoms with van der Waals surface area (Å²) in [6.07, 6.45) is 4.03. The van der Waals surface area contributed by atoms with E-state index in [1.165, 1.54) is 9.79 Å². The van der Waals surface area contributed by atoms with E-state index in [0.29, 0.717) is 5.33 Å². The van der Waals surface area contributed by atoms with Crippen molar-refractivity contribution in [3.05, 3.63) is 59.7 Å². The number of thioether (sulfide) groups is 2. The smallest absolute Gasteiger partial charge is 0.173 e. The van der Waals surface area contributed by atoms with E-state index in [-0.39, 0.29) is 11.6 Å². The SMILES string of the molecule is CSc1ccc(C(=O)CBr)cc1.CSc1ccc(C(C)=O)cc1. The van der Waals surface area contributed by atoms with Gasteiger partial charge in [0.15, 0.2) is 11.6 Å². The number of benzene rings is 2. The second-order valence-corrected chi connectivity index (χ2v) is 6.89. The first-order chi connectivity index (χ1) is 11.0. The molecule has 2 nitrogen and oxygen atoms in total. The van der Waals surface area contributed by atoms with Gasteiger partial charge in [-0.25, -0.2) is 0 Å². The van der Waals surface area contributed by atoms with E-state index in [0.717, 1.165) is 11.1 Å². The van der Waals surface area contributed by atoms with Crippen LogP contribution in [0.3, 0.4) is 0 Å². The van der Waals surface area contributed by atoms with Crippen molar-refractivity contribution in [2.45, 2.75) is 16.7 Å². The maximum absolute atomic E-state index is 11.2. The standard InChI is InChI=1S/C9H9BrOS.C9H10OS/c1-12-8-4-2-7(3-5-8)9(11)6-10;1-7(10)8-3-5-9(11-2)6-4-8/h2-5H,6H2,1H3;3-6H,1-2H3. The number of hydrogen-bond acceptors (Lipinski definition) is 4. The second kappa shape index (κ2) is 10.7. The van der Waals surface area contributed by atoms with Crippen molar-refractivity contribution in [3.8, 4) is 0 Å². The van der Waals surface area contributed by atoms with Crippen molar-refractivity contribution in [3.63, 3.8) is 0 Å². The Morgan fingerprint density at radius 3 is 1.52 bits per heavy atom. The Balaban J connectivity index is 0.000000231. The fraction of sp³-hybridized carbons (Fsp3) is 0.222. The Morgan fingerprint density at radius 2 is 1.22 bits per heavy atom. The molecule has 0 atom stereocenters. The van der Waals surface area contributed by atoms with Crippen molar-refractivity contribution >= 4 is 51.0 Å². The maximum atomic E-state index is 11.2. The average Bonchev–Trinajstić information content (AvgIpc) is 2.61. The fourth-order valence-electron chi connectivity index (χ4n) is 1.68. The van der Waals surface area contributed by atoms with Crippen LogP contribution >= 0.6 is 39.5 Å². The molecule has 0 aliphatic heterocycles. The summed E-state index contributed by atoms with van der Waals surface area (Å²) in [4.78, 5) is 24.4. The molecule has 0 unspecified atom stereocenters. The van der Waals surface area contributed by atoms with Gasteiger partial charge in [-0.15, -0.1) is 23.5 Å². The van der Waals surface area contributed by atoms with E-state index < -0.39 is 0 Å². The van der Waals surface area contributed by atoms with Gasteiger partial charge in [-0.2, -0.15) is 0 Å². The van der Waals surface area contributed by atoms with Gasteiger partial charge in [0.1, 0.15) is 0 Å². The van der Waals surface area contributed by atoms with E-state index in [1.54, 1.807) is 30.4 Å². The van der Waals surface area contributed by atoms with Crippen LogP contribution in [-0.4, -0.2) is 29.4 Å². The molecule has 0 bridgehead atoms. The molecule has 0 amide bonds. The lowest BCUT2D eigenvalue weighted by molar-refractivity contribution is 0.101. The highest BCUT2D eigenvalue weighted by molar-refractivity contribution is 9.09. The van der Waals surface area contributed by atoms with Crippen LogP contribution < -0.4 is 0 Å². The Hall–Kier alpha value is -1.04. The number of halogens is 1. The number of ketones is 2. The molecule has 0 heterocycles. The van der Waals surface area contributed by atoms with Gasteiger partial charge < -0.3 is 0 Å². The summed E-state index contributed by atoms with van der Waals surface area (Å²) in [5.74, 6) is 0.250. The monoisotopic (exact) mass is 410 g/mol. The molecule has 2 aromatic carbocycles. The van der Waals surface area contributed by atoms with Crippen molar-refractivity contribution < 1.29 is 9.59 Å². The summed E-state index contributed by atoms with van der Waals surface area (Å²) < 4.78 is 0. The lowest BCUT2D eigenvalue weighted by atomic mass is 10.2. The molecule has 0 aromatic heterocycles. The van der Waals surface area contributed by atoms with Gasteiger partial charge in [0, 0.05) is 20.9 Å². The van der Waals surface area contributed by atoms with Crippen LogP contribution in [0.5, 0.6) is 0 Å². The van der Waals surface area contributed by atoms with Crippen LogP contribution in [0.2, 0.25) is 0 Å². The van der Waals surface area contributed by atoms with Gasteiger partial charge >= 0.3 is 0 Å². The summed E-state index contributed by atoms with van der Waals surface area (Å²) in [6.45, 7) is 1.58. The fourth-order valence-corrected chi connectivity index (χ4v) is 2.82. The maximum Gasteiger partial charge on any atom is 0.173 e. The average molecular weight is 411 g/mol. The lowest BCUT2D eigenvalue weighted by Gasteiger charge is -1.98. The van der Waals surface area contributed by atoms with Gasteiger partial charge in [-0.3, -0.25) is 9.59 Å². The minimum atomic E-state index is 0.123. The molecule has 23 heavy (non-hydrogen) atoms. The molecule has 122 valence electrons. The summed E-state index contributed by atoms with van der Waals surface area (Å²) in [6, 6.07) is 15.3. The zero-order chi connectivity index (χ0) is 17.2. The molecule has 0 aliphatic rings. The first kappa shape index (κ1) is 20.0. The molecule has 0 radical (unpaired) electrons. The molecule has 0 aliphatic carbocycles. The number of Topliss-reactive ketones (excluding diaryl/α,β-unsaturated/α-hetero) is 2. The van der Waals surface area contributed by atoms with Crippen molar-refractivity contribution in [1.29, 1.82) is 0 Å². The molecule has 2 aromatic rings. The first-order valence-electron chi connectivity index (χ1n) is 6.90. The van der Waals surface area contributed by atoms with Crippen LogP contribution in [0.15, 0.2) is 58.3 Å². The van der Waals surface area contributed by atoms with Crippen molar-refractivity contribution in [2.24, 2.45) is 0 Å². The van der Waals surface area contributed by atoms with Gasteiger partial charge in [-0.1, -0.05) is 40.2 Å². The summed E-state index contributed by atoms with van der Waals surface area (Å²) in [5.41, 5.74) is 1.55. The molecular formula is C18H19BrO2S2. The van der Waals surface area contributed by atoms with Gasteiger partial charge in [0.2, 0.25) is 0 Å². The summed E-state index contributed by atoms with van der Waals surface area (Å²) >= 11 is 6.48. The number of hydrogen-bond donors (Lipinski definition) is 0. The molecular weight excluding hydrogens is 392 g/mol. The van der Waals surface area contributed by atoms with E-state index >= 15 is 0 Å². The molecule has 5 heteroatoms. The van der Waals surface area contributed by atoms with E-state index in [9.17, 15) is 9.59 Å². The third-order valence-corrected chi connectivity index (χ3v) is 5.03. The normalized spacial score (nSPS) is 9.74. The van der Waals surface area contributed by atoms with E-state index in [4.69, 9.17) is 0 Å². The number of carbonyl (C=O) groups excluding carboxylic acids is 2. The van der Waals surface area contributed by atoms with Crippen LogP contribution in [0.1, 0.15) is 27.6 Å². The third kappa shape index (κ3) is 6.94. The predicted octanol–water partition coefficient (Wildman–Crippen LogP) is 5.60. The van der Waals surface area contributed by atoms with Crippen LogP contribution in [0.25, 0.3) is 0 Å². The molecule has 0 spiro atoms. The van der Waals surface area contributed by atoms with Crippen molar-refractivity contribution in [1.82, 2.24) is 0 Å². The second-order valence-electron chi connectivity index (χ2n) is 4.57. The molecule has 2 rings (SSSR count). The Labute approximate surface area is 154 Å². The minimum absolute atomic E-state index is 0.123. The molecule has 0 saturated carbocycles. The Bertz CT molecular complexity index is 637. The number of rotatable bonds is 5. The Morgan fingerprint density at radius 1 is 0.826 bits per heavy atom. The highest BCUT2D eigenvalue weighted by atomic mass is 79.9. The quantitative estimate of drug-likeness (QED) is 0.365. The van der Waals surface area contributed by atoms with Gasteiger partial charge in [0.05, 0.1) is 5.33 Å². The topological polar surface area (TPSA) is 34.1 Å². The molecule has 0 N–H and O–H groups in total. The van der Waals surface area contributed by atoms with E-state index in [1.807, 2.05) is 61.0 Å². The number of alkyl halides is 1. The largest absolute Gasteiger partial charge is 0.295 e. The zero-order valence-corrected chi connectivity index (χ0v) is 16.6. The van der Waals surface area contributed by atoms with Crippen LogP contribution in [0.4, 0.5) is 0 Å². The van der Waals surface area contributed by atoms with Crippen LogP contribution in [0, 0.1) is 0 Å². The first-order valence-corrected chi connectivity index (χ1v) is 10.5. The highest BCUT2D eigenvalue weighted by Crippen LogP contribution is 2.15. The zero-order valence-electron chi connectivity index (χ0n) is 13.3. The highest BCUT2D eigenvalue weighted by Gasteiger charge is 2.02. The molecule has 0 saturated heterocycles. The summed E-state index contributed by atoms with van der Waals surface area (Å²) in [5, 5.41) is 0.394. The van der Waals surface area contributed by atoms with Gasteiger partial charge in [-0.05, 0) is 43.7 Å². The predicted molar refractivity (Wildman–Crippen MR) is 105 cm³/mol. The van der Waals surface area contributed by atoms with Crippen LogP contribution in [-0.2, 0) is 0 Å². The summed E-state index contributed by atoms with van der Waals surface area (Å²) in [7, 11) is 0. The minimum Gasteiger partial charge on any atom is -0.295 e. The Kier molecular flexibility index (Phi) is 9.29. The van der Waals surface area contributed by atoms with Crippen molar-refractivity contribution in [2.75, 3.05) is 17.8 Å². The van der Waals surface area contributed by atoms with Gasteiger partial charge in [0.25, 0.3) is 0 Å². The van der Waals surface area contributed by atoms with E-state index in [2.05, 4.69) is 15.9 Å². The molecule has 0 fully saturated rings. The lowest BCUT2D eigenvalue weighted by Crippen LogP contribution is -1.98.